The van der Waals surface area contributed by atoms with Gasteiger partial charge in [-0.05, 0) is 35.4 Å². The first kappa shape index (κ1) is 12.2. The molecule has 17 heavy (non-hydrogen) atoms. The van der Waals surface area contributed by atoms with E-state index in [2.05, 4.69) is 0 Å². The quantitative estimate of drug-likeness (QED) is 0.761. The van der Waals surface area contributed by atoms with Gasteiger partial charge in [-0.25, -0.2) is 4.39 Å². The summed E-state index contributed by atoms with van der Waals surface area (Å²) in [6, 6.07) is 9.59. The Hall–Kier alpha value is -1.25. The van der Waals surface area contributed by atoms with Crippen LogP contribution >= 0.6 is 23.2 Å². The highest BCUT2D eigenvalue weighted by Crippen LogP contribution is 2.37. The van der Waals surface area contributed by atoms with Gasteiger partial charge in [0.1, 0.15) is 5.82 Å². The first-order valence-corrected chi connectivity index (χ1v) is 5.66. The van der Waals surface area contributed by atoms with Crippen LogP contribution in [0.1, 0.15) is 0 Å². The van der Waals surface area contributed by atoms with E-state index in [1.807, 2.05) is 0 Å². The molecule has 0 aromatic heterocycles. The van der Waals surface area contributed by atoms with Crippen molar-refractivity contribution in [3.8, 4) is 16.9 Å². The van der Waals surface area contributed by atoms with Crippen molar-refractivity contribution in [2.75, 3.05) is 7.11 Å². The van der Waals surface area contributed by atoms with Gasteiger partial charge in [0.05, 0.1) is 17.2 Å². The number of benzene rings is 2. The Kier molecular flexibility index (Phi) is 3.55. The van der Waals surface area contributed by atoms with Crippen LogP contribution in [0.3, 0.4) is 0 Å². The second-order valence-electron chi connectivity index (χ2n) is 3.48. The van der Waals surface area contributed by atoms with Crippen LogP contribution < -0.4 is 4.74 Å². The molecule has 0 fully saturated rings. The van der Waals surface area contributed by atoms with E-state index in [0.29, 0.717) is 15.8 Å². The van der Waals surface area contributed by atoms with Gasteiger partial charge >= 0.3 is 0 Å². The topological polar surface area (TPSA) is 9.23 Å². The molecule has 0 saturated heterocycles. The zero-order valence-corrected chi connectivity index (χ0v) is 10.5. The lowest BCUT2D eigenvalue weighted by Gasteiger charge is -2.08. The van der Waals surface area contributed by atoms with Crippen LogP contribution in [0, 0.1) is 5.82 Å². The molecule has 0 heterocycles. The molecule has 2 aromatic rings. The van der Waals surface area contributed by atoms with E-state index in [4.69, 9.17) is 27.9 Å². The lowest BCUT2D eigenvalue weighted by Crippen LogP contribution is -1.87. The highest BCUT2D eigenvalue weighted by atomic mass is 35.5. The zero-order valence-electron chi connectivity index (χ0n) is 9.01. The highest BCUT2D eigenvalue weighted by molar-refractivity contribution is 6.37. The largest absolute Gasteiger partial charge is 0.494 e. The maximum absolute atomic E-state index is 12.8. The van der Waals surface area contributed by atoms with Gasteiger partial charge < -0.3 is 4.74 Å². The highest BCUT2D eigenvalue weighted by Gasteiger charge is 2.09. The van der Waals surface area contributed by atoms with Crippen molar-refractivity contribution in [2.24, 2.45) is 0 Å². The maximum Gasteiger partial charge on any atom is 0.156 e. The molecule has 1 nitrogen and oxygen atoms in total. The van der Waals surface area contributed by atoms with Crippen LogP contribution in [-0.2, 0) is 0 Å². The molecule has 2 rings (SSSR count). The van der Waals surface area contributed by atoms with Crippen molar-refractivity contribution in [2.45, 2.75) is 0 Å². The normalized spacial score (nSPS) is 10.4. The molecule has 0 aliphatic rings. The van der Waals surface area contributed by atoms with Crippen LogP contribution in [0.25, 0.3) is 11.1 Å². The van der Waals surface area contributed by atoms with Gasteiger partial charge in [0, 0.05) is 0 Å². The summed E-state index contributed by atoms with van der Waals surface area (Å²) in [5, 5.41) is 0.860. The molecular formula is C13H9Cl2FO. The second kappa shape index (κ2) is 4.94. The summed E-state index contributed by atoms with van der Waals surface area (Å²) in [4.78, 5) is 0. The molecule has 0 atom stereocenters. The Morgan fingerprint density at radius 2 is 1.47 bits per heavy atom. The van der Waals surface area contributed by atoms with Crippen molar-refractivity contribution in [3.05, 3.63) is 52.3 Å². The predicted molar refractivity (Wildman–Crippen MR) is 68.4 cm³/mol. The Labute approximate surface area is 109 Å². The summed E-state index contributed by atoms with van der Waals surface area (Å²) in [6.45, 7) is 0. The molecule has 0 saturated carbocycles. The van der Waals surface area contributed by atoms with E-state index >= 15 is 0 Å². The van der Waals surface area contributed by atoms with Crippen molar-refractivity contribution in [1.82, 2.24) is 0 Å². The summed E-state index contributed by atoms with van der Waals surface area (Å²) < 4.78 is 17.9. The van der Waals surface area contributed by atoms with E-state index in [1.54, 1.807) is 24.3 Å². The monoisotopic (exact) mass is 270 g/mol. The summed E-state index contributed by atoms with van der Waals surface area (Å²) in [5.41, 5.74) is 1.67. The molecule has 0 aliphatic heterocycles. The minimum atomic E-state index is -0.278. The Morgan fingerprint density at radius 3 is 1.94 bits per heavy atom. The molecule has 0 unspecified atom stereocenters. The molecule has 4 heteroatoms. The first-order chi connectivity index (χ1) is 8.11. The first-order valence-electron chi connectivity index (χ1n) is 4.91. The van der Waals surface area contributed by atoms with Crippen molar-refractivity contribution in [3.63, 3.8) is 0 Å². The van der Waals surface area contributed by atoms with Crippen LogP contribution in [-0.4, -0.2) is 7.11 Å². The molecule has 2 aromatic carbocycles. The summed E-state index contributed by atoms with van der Waals surface area (Å²) in [6.07, 6.45) is 0. The fraction of sp³-hybridized carbons (Fsp3) is 0.0769. The van der Waals surface area contributed by atoms with E-state index < -0.39 is 0 Å². The number of hydrogen-bond donors (Lipinski definition) is 0. The lowest BCUT2D eigenvalue weighted by atomic mass is 10.1. The minimum Gasteiger partial charge on any atom is -0.494 e. The summed E-state index contributed by atoms with van der Waals surface area (Å²) in [7, 11) is 1.50. The van der Waals surface area contributed by atoms with Gasteiger partial charge in [0.2, 0.25) is 0 Å². The van der Waals surface area contributed by atoms with Crippen LogP contribution in [0.4, 0.5) is 4.39 Å². The molecular weight excluding hydrogens is 262 g/mol. The smallest absolute Gasteiger partial charge is 0.156 e. The summed E-state index contributed by atoms with van der Waals surface area (Å²) in [5.74, 6) is 0.165. The fourth-order valence-electron chi connectivity index (χ4n) is 1.56. The third-order valence-corrected chi connectivity index (χ3v) is 2.94. The number of methoxy groups -OCH3 is 1. The summed E-state index contributed by atoms with van der Waals surface area (Å²) >= 11 is 12.1. The molecule has 0 bridgehead atoms. The average molecular weight is 271 g/mol. The Morgan fingerprint density at radius 1 is 0.941 bits per heavy atom. The van der Waals surface area contributed by atoms with E-state index in [9.17, 15) is 4.39 Å². The van der Waals surface area contributed by atoms with Crippen LogP contribution in [0.5, 0.6) is 5.75 Å². The third kappa shape index (κ3) is 2.54. The van der Waals surface area contributed by atoms with Crippen molar-refractivity contribution >= 4 is 23.2 Å². The number of rotatable bonds is 2. The van der Waals surface area contributed by atoms with Crippen LogP contribution in [0.15, 0.2) is 36.4 Å². The van der Waals surface area contributed by atoms with Gasteiger partial charge in [-0.1, -0.05) is 35.3 Å². The molecule has 0 N–H and O–H groups in total. The SMILES string of the molecule is COc1c(Cl)cc(-c2ccc(F)cc2)cc1Cl. The van der Waals surface area contributed by atoms with E-state index in [0.717, 1.165) is 11.1 Å². The lowest BCUT2D eigenvalue weighted by molar-refractivity contribution is 0.415. The van der Waals surface area contributed by atoms with Gasteiger partial charge in [-0.2, -0.15) is 0 Å². The molecule has 0 aliphatic carbocycles. The molecule has 0 radical (unpaired) electrons. The zero-order chi connectivity index (χ0) is 12.4. The standard InChI is InChI=1S/C13H9Cl2FO/c1-17-13-11(14)6-9(7-12(13)15)8-2-4-10(16)5-3-8/h2-7H,1H3. The maximum atomic E-state index is 12.8. The van der Waals surface area contributed by atoms with Crippen molar-refractivity contribution < 1.29 is 9.13 Å². The fourth-order valence-corrected chi connectivity index (χ4v) is 2.21. The van der Waals surface area contributed by atoms with E-state index in [1.165, 1.54) is 19.2 Å². The molecule has 0 spiro atoms. The van der Waals surface area contributed by atoms with E-state index in [-0.39, 0.29) is 5.82 Å². The molecule has 0 amide bonds. The average Bonchev–Trinajstić information content (AvgIpc) is 2.29. The van der Waals surface area contributed by atoms with Crippen molar-refractivity contribution in [1.29, 1.82) is 0 Å². The third-order valence-electron chi connectivity index (χ3n) is 2.38. The number of hydrogen-bond acceptors (Lipinski definition) is 1. The minimum absolute atomic E-state index is 0.278. The van der Waals surface area contributed by atoms with Crippen LogP contribution in [0.2, 0.25) is 10.0 Å². The molecule has 88 valence electrons. The number of ether oxygens (including phenoxy) is 1. The van der Waals surface area contributed by atoms with Gasteiger partial charge in [0.25, 0.3) is 0 Å². The number of halogens is 3. The van der Waals surface area contributed by atoms with Gasteiger partial charge in [0.15, 0.2) is 5.75 Å². The Balaban J connectivity index is 2.50. The predicted octanol–water partition coefficient (Wildman–Crippen LogP) is 4.81. The Bertz CT molecular complexity index is 515. The van der Waals surface area contributed by atoms with Gasteiger partial charge in [-0.15, -0.1) is 0 Å². The van der Waals surface area contributed by atoms with Gasteiger partial charge in [-0.3, -0.25) is 0 Å². The second-order valence-corrected chi connectivity index (χ2v) is 4.29.